The molecule has 0 heterocycles. The number of alkyl carbamates (subject to hydrolysis) is 1. The van der Waals surface area contributed by atoms with Crippen LogP contribution in [0.4, 0.5) is 9.18 Å². The summed E-state index contributed by atoms with van der Waals surface area (Å²) in [6.45, 7) is 7.13. The van der Waals surface area contributed by atoms with Crippen LogP contribution in [0.5, 0.6) is 5.75 Å². The second-order valence-corrected chi connectivity index (χ2v) is 6.35. The Bertz CT molecular complexity index is 566. The van der Waals surface area contributed by atoms with E-state index in [2.05, 4.69) is 5.32 Å². The molecule has 23 heavy (non-hydrogen) atoms. The van der Waals surface area contributed by atoms with E-state index in [1.165, 1.54) is 25.3 Å². The van der Waals surface area contributed by atoms with Crippen molar-refractivity contribution in [2.45, 2.75) is 52.2 Å². The van der Waals surface area contributed by atoms with Crippen molar-refractivity contribution in [3.63, 3.8) is 0 Å². The first-order valence-electron chi connectivity index (χ1n) is 7.48. The fourth-order valence-corrected chi connectivity index (χ4v) is 1.96. The average molecular weight is 325 g/mol. The summed E-state index contributed by atoms with van der Waals surface area (Å²) >= 11 is 0. The third-order valence-corrected chi connectivity index (χ3v) is 3.03. The summed E-state index contributed by atoms with van der Waals surface area (Å²) in [5.41, 5.74) is -0.237. The highest BCUT2D eigenvalue weighted by Gasteiger charge is 2.19. The van der Waals surface area contributed by atoms with Crippen LogP contribution in [0.25, 0.3) is 0 Å². The number of ether oxygens (including phenoxy) is 2. The fourth-order valence-electron chi connectivity index (χ4n) is 1.96. The zero-order valence-corrected chi connectivity index (χ0v) is 14.2. The molecule has 1 aromatic rings. The smallest absolute Gasteiger partial charge is 0.407 e. The van der Waals surface area contributed by atoms with E-state index in [-0.39, 0.29) is 24.0 Å². The summed E-state index contributed by atoms with van der Waals surface area (Å²) in [5.74, 6) is -0.416. The highest BCUT2D eigenvalue weighted by molar-refractivity contribution is 5.98. The third-order valence-electron chi connectivity index (χ3n) is 3.03. The van der Waals surface area contributed by atoms with E-state index in [9.17, 15) is 14.0 Å². The summed E-state index contributed by atoms with van der Waals surface area (Å²) in [7, 11) is 1.39. The van der Waals surface area contributed by atoms with Crippen molar-refractivity contribution in [2.24, 2.45) is 0 Å². The van der Waals surface area contributed by atoms with Crippen LogP contribution in [0.1, 0.15) is 50.9 Å². The van der Waals surface area contributed by atoms with Crippen LogP contribution in [0.15, 0.2) is 18.2 Å². The number of halogens is 1. The number of ketones is 1. The van der Waals surface area contributed by atoms with Gasteiger partial charge in [0.1, 0.15) is 17.2 Å². The van der Waals surface area contributed by atoms with Crippen LogP contribution in [-0.4, -0.2) is 30.6 Å². The van der Waals surface area contributed by atoms with Gasteiger partial charge in [-0.15, -0.1) is 0 Å². The number of Topliss-reactive ketones (excluding diaryl/α,β-unsaturated/α-hetero) is 1. The summed E-state index contributed by atoms with van der Waals surface area (Å²) in [6.07, 6.45) is 0.134. The van der Waals surface area contributed by atoms with E-state index in [4.69, 9.17) is 9.47 Å². The molecule has 6 heteroatoms. The molecule has 0 saturated heterocycles. The first-order chi connectivity index (χ1) is 10.6. The topological polar surface area (TPSA) is 64.6 Å². The van der Waals surface area contributed by atoms with Crippen LogP contribution >= 0.6 is 0 Å². The molecular weight excluding hydrogens is 301 g/mol. The van der Waals surface area contributed by atoms with Gasteiger partial charge in [-0.05, 0) is 46.2 Å². The van der Waals surface area contributed by atoms with Crippen molar-refractivity contribution in [3.05, 3.63) is 29.6 Å². The molecule has 0 bridgehead atoms. The van der Waals surface area contributed by atoms with Crippen molar-refractivity contribution in [1.82, 2.24) is 5.32 Å². The quantitative estimate of drug-likeness (QED) is 0.810. The Morgan fingerprint density at radius 2 is 1.96 bits per heavy atom. The SMILES string of the molecule is COc1cc(F)ccc1C(=O)CCC(C)NC(=O)OC(C)(C)C. The standard InChI is InChI=1S/C17H24FNO4/c1-11(19-16(21)23-17(2,3)4)6-9-14(20)13-8-7-12(18)10-15(13)22-5/h7-8,10-11H,6,9H2,1-5H3,(H,19,21). The van der Waals surface area contributed by atoms with Crippen molar-refractivity contribution >= 4 is 11.9 Å². The summed E-state index contributed by atoms with van der Waals surface area (Å²) in [6, 6.07) is 3.58. The molecule has 0 aromatic heterocycles. The fraction of sp³-hybridized carbons (Fsp3) is 0.529. The molecule has 1 rings (SSSR count). The Hall–Kier alpha value is -2.11. The number of carbonyl (C=O) groups is 2. The number of nitrogens with one attached hydrogen (secondary N) is 1. The van der Waals surface area contributed by atoms with Crippen molar-refractivity contribution < 1.29 is 23.5 Å². The van der Waals surface area contributed by atoms with E-state index in [0.717, 1.165) is 0 Å². The van der Waals surface area contributed by atoms with Crippen LogP contribution < -0.4 is 10.1 Å². The average Bonchev–Trinajstić information content (AvgIpc) is 2.42. The molecule has 1 aromatic carbocycles. The van der Waals surface area contributed by atoms with Crippen molar-refractivity contribution in [3.8, 4) is 5.75 Å². The molecule has 0 fully saturated rings. The summed E-state index contributed by atoms with van der Waals surface area (Å²) in [4.78, 5) is 23.9. The van der Waals surface area contributed by atoms with Gasteiger partial charge in [-0.2, -0.15) is 0 Å². The summed E-state index contributed by atoms with van der Waals surface area (Å²) in [5, 5.41) is 2.68. The highest BCUT2D eigenvalue weighted by Crippen LogP contribution is 2.21. The van der Waals surface area contributed by atoms with Gasteiger partial charge in [-0.1, -0.05) is 0 Å². The van der Waals surface area contributed by atoms with Gasteiger partial charge in [0.15, 0.2) is 5.78 Å². The lowest BCUT2D eigenvalue weighted by atomic mass is 10.0. The molecule has 0 aliphatic rings. The molecule has 0 aliphatic carbocycles. The minimum atomic E-state index is -0.568. The number of hydrogen-bond donors (Lipinski definition) is 1. The van der Waals surface area contributed by atoms with Crippen LogP contribution in [-0.2, 0) is 4.74 Å². The van der Waals surface area contributed by atoms with Crippen molar-refractivity contribution in [1.29, 1.82) is 0 Å². The monoisotopic (exact) mass is 325 g/mol. The number of hydrogen-bond acceptors (Lipinski definition) is 4. The van der Waals surface area contributed by atoms with E-state index >= 15 is 0 Å². The maximum absolute atomic E-state index is 13.1. The zero-order chi connectivity index (χ0) is 17.6. The molecule has 0 spiro atoms. The molecule has 1 unspecified atom stereocenters. The van der Waals surface area contributed by atoms with Gasteiger partial charge in [0.05, 0.1) is 12.7 Å². The lowest BCUT2D eigenvalue weighted by Crippen LogP contribution is -2.37. The van der Waals surface area contributed by atoms with E-state index in [1.54, 1.807) is 27.7 Å². The summed E-state index contributed by atoms with van der Waals surface area (Å²) < 4.78 is 23.3. The van der Waals surface area contributed by atoms with E-state index in [0.29, 0.717) is 12.0 Å². The molecule has 0 radical (unpaired) electrons. The molecule has 1 atom stereocenters. The Labute approximate surface area is 136 Å². The van der Waals surface area contributed by atoms with Gasteiger partial charge in [-0.25, -0.2) is 9.18 Å². The third kappa shape index (κ3) is 6.67. The highest BCUT2D eigenvalue weighted by atomic mass is 19.1. The minimum absolute atomic E-state index is 0.167. The number of methoxy groups -OCH3 is 1. The number of benzene rings is 1. The van der Waals surface area contributed by atoms with Crippen LogP contribution in [0.3, 0.4) is 0 Å². The maximum Gasteiger partial charge on any atom is 0.407 e. The van der Waals surface area contributed by atoms with Gasteiger partial charge in [0.25, 0.3) is 0 Å². The van der Waals surface area contributed by atoms with Gasteiger partial charge in [-0.3, -0.25) is 4.79 Å². The first-order valence-corrected chi connectivity index (χ1v) is 7.48. The number of rotatable bonds is 6. The van der Waals surface area contributed by atoms with Gasteiger partial charge < -0.3 is 14.8 Å². The van der Waals surface area contributed by atoms with Gasteiger partial charge >= 0.3 is 6.09 Å². The number of carbonyl (C=O) groups excluding carboxylic acids is 2. The van der Waals surface area contributed by atoms with Crippen molar-refractivity contribution in [2.75, 3.05) is 7.11 Å². The van der Waals surface area contributed by atoms with Gasteiger partial charge in [0.2, 0.25) is 0 Å². The first kappa shape index (κ1) is 18.9. The minimum Gasteiger partial charge on any atom is -0.496 e. The Kier molecular flexibility index (Phi) is 6.54. The molecule has 128 valence electrons. The zero-order valence-electron chi connectivity index (χ0n) is 14.2. The lowest BCUT2D eigenvalue weighted by molar-refractivity contribution is 0.0504. The Morgan fingerprint density at radius 1 is 1.30 bits per heavy atom. The molecule has 1 amide bonds. The van der Waals surface area contributed by atoms with Gasteiger partial charge in [0, 0.05) is 18.5 Å². The number of amides is 1. The van der Waals surface area contributed by atoms with Crippen LogP contribution in [0, 0.1) is 5.82 Å². The molecule has 5 nitrogen and oxygen atoms in total. The maximum atomic E-state index is 13.1. The Morgan fingerprint density at radius 3 is 2.52 bits per heavy atom. The van der Waals surface area contributed by atoms with E-state index < -0.39 is 17.5 Å². The lowest BCUT2D eigenvalue weighted by Gasteiger charge is -2.21. The Balaban J connectivity index is 2.54. The van der Waals surface area contributed by atoms with Crippen LogP contribution in [0.2, 0.25) is 0 Å². The van der Waals surface area contributed by atoms with E-state index in [1.807, 2.05) is 0 Å². The predicted octanol–water partition coefficient (Wildman–Crippen LogP) is 3.71. The molecule has 0 saturated carbocycles. The second kappa shape index (κ2) is 7.94. The largest absolute Gasteiger partial charge is 0.496 e. The second-order valence-electron chi connectivity index (χ2n) is 6.35. The molecule has 1 N–H and O–H groups in total. The normalized spacial score (nSPS) is 12.4. The molecular formula is C17H24FNO4. The molecule has 0 aliphatic heterocycles. The predicted molar refractivity (Wildman–Crippen MR) is 85.3 cm³/mol.